The Bertz CT molecular complexity index is 1130. The Balaban J connectivity index is 1.26. The molecule has 2 heterocycles. The van der Waals surface area contributed by atoms with Crippen molar-refractivity contribution in [2.24, 2.45) is 31.3 Å². The van der Waals surface area contributed by atoms with Gasteiger partial charge in [-0.25, -0.2) is 9.78 Å². The second-order valence-electron chi connectivity index (χ2n) is 9.78. The lowest BCUT2D eigenvalue weighted by atomic mass is 9.48. The highest BCUT2D eigenvalue weighted by molar-refractivity contribution is 5.77. The molecule has 0 amide bonds. The highest BCUT2D eigenvalue weighted by Crippen LogP contribution is 2.61. The van der Waals surface area contributed by atoms with Gasteiger partial charge in [-0.3, -0.25) is 18.7 Å². The lowest BCUT2D eigenvalue weighted by Crippen LogP contribution is -2.58. The fourth-order valence-corrected chi connectivity index (χ4v) is 6.59. The second-order valence-corrected chi connectivity index (χ2v) is 9.78. The number of esters is 1. The van der Waals surface area contributed by atoms with Gasteiger partial charge < -0.3 is 14.4 Å². The minimum Gasteiger partial charge on any atom is -0.465 e. The average molecular weight is 416 g/mol. The van der Waals surface area contributed by atoms with E-state index in [4.69, 9.17) is 4.74 Å². The number of rotatable bonds is 5. The van der Waals surface area contributed by atoms with Crippen molar-refractivity contribution in [3.05, 3.63) is 27.2 Å². The molecule has 0 spiro atoms. The molecule has 4 aliphatic rings. The average Bonchev–Trinajstić information content (AvgIpc) is 3.05. The van der Waals surface area contributed by atoms with Crippen LogP contribution in [0.1, 0.15) is 44.9 Å². The number of aryl methyl sites for hydroxylation is 2. The molecule has 9 heteroatoms. The zero-order chi connectivity index (χ0) is 21.3. The van der Waals surface area contributed by atoms with E-state index < -0.39 is 16.7 Å². The zero-order valence-corrected chi connectivity index (χ0v) is 17.5. The van der Waals surface area contributed by atoms with E-state index in [0.29, 0.717) is 35.8 Å². The van der Waals surface area contributed by atoms with E-state index >= 15 is 0 Å². The van der Waals surface area contributed by atoms with Crippen LogP contribution in [-0.4, -0.2) is 42.0 Å². The van der Waals surface area contributed by atoms with Gasteiger partial charge in [0.1, 0.15) is 0 Å². The van der Waals surface area contributed by atoms with Gasteiger partial charge in [-0.05, 0) is 56.8 Å². The first kappa shape index (κ1) is 19.5. The fourth-order valence-electron chi connectivity index (χ4n) is 6.59. The van der Waals surface area contributed by atoms with Crippen LogP contribution >= 0.6 is 0 Å². The predicted octanol–water partition coefficient (Wildman–Crippen LogP) is 0.698. The molecule has 0 saturated heterocycles. The molecule has 162 valence electrons. The molecule has 0 aromatic carbocycles. The molecule has 4 saturated carbocycles. The minimum absolute atomic E-state index is 0.146. The Morgan fingerprint density at radius 2 is 1.93 bits per heavy atom. The van der Waals surface area contributed by atoms with Crippen LogP contribution in [0.4, 0.5) is 0 Å². The summed E-state index contributed by atoms with van der Waals surface area (Å²) in [5.74, 6) is 0.601. The van der Waals surface area contributed by atoms with Crippen LogP contribution in [-0.2, 0) is 30.2 Å². The van der Waals surface area contributed by atoms with Gasteiger partial charge in [-0.15, -0.1) is 0 Å². The Kier molecular flexibility index (Phi) is 4.26. The van der Waals surface area contributed by atoms with Crippen LogP contribution < -0.4 is 11.2 Å². The van der Waals surface area contributed by atoms with E-state index in [2.05, 4.69) is 4.98 Å². The quantitative estimate of drug-likeness (QED) is 0.568. The normalized spacial score (nSPS) is 32.1. The van der Waals surface area contributed by atoms with E-state index in [9.17, 15) is 19.5 Å². The van der Waals surface area contributed by atoms with Crippen molar-refractivity contribution in [2.45, 2.75) is 57.1 Å². The molecule has 4 fully saturated rings. The van der Waals surface area contributed by atoms with Gasteiger partial charge >= 0.3 is 11.7 Å². The Morgan fingerprint density at radius 1 is 1.23 bits per heavy atom. The standard InChI is InChI=1S/C21H28N4O5/c1-23-12-22-16-15(23)17(26)25(19(28)24(16)2)4-3-5-30-18(27)20-7-13-6-14(8-20)10-21(29,9-13)11-20/h12-14,29H,3-11H2,1-2H3/t13-,14+,20?,21?. The Hall–Kier alpha value is -2.42. The van der Waals surface area contributed by atoms with Crippen molar-refractivity contribution in [3.63, 3.8) is 0 Å². The first-order valence-corrected chi connectivity index (χ1v) is 10.7. The maximum absolute atomic E-state index is 12.9. The van der Waals surface area contributed by atoms with Crippen molar-refractivity contribution in [2.75, 3.05) is 6.61 Å². The van der Waals surface area contributed by atoms with Gasteiger partial charge in [0.05, 0.1) is 24.0 Å². The lowest BCUT2D eigenvalue weighted by molar-refractivity contribution is -0.196. The summed E-state index contributed by atoms with van der Waals surface area (Å²) in [5.41, 5.74) is -1.35. The van der Waals surface area contributed by atoms with Crippen molar-refractivity contribution in [3.8, 4) is 0 Å². The number of ether oxygens (including phenoxy) is 1. The first-order valence-electron chi connectivity index (χ1n) is 10.7. The Morgan fingerprint density at radius 3 is 2.60 bits per heavy atom. The molecule has 9 nitrogen and oxygen atoms in total. The zero-order valence-electron chi connectivity index (χ0n) is 17.5. The summed E-state index contributed by atoms with van der Waals surface area (Å²) in [4.78, 5) is 42.3. The monoisotopic (exact) mass is 416 g/mol. The lowest BCUT2D eigenvalue weighted by Gasteiger charge is -2.58. The maximum atomic E-state index is 12.9. The third-order valence-electron chi connectivity index (χ3n) is 7.42. The number of fused-ring (bicyclic) bond motifs is 1. The van der Waals surface area contributed by atoms with Crippen molar-refractivity contribution in [1.82, 2.24) is 18.7 Å². The van der Waals surface area contributed by atoms with Crippen LogP contribution in [0, 0.1) is 17.3 Å². The third-order valence-corrected chi connectivity index (χ3v) is 7.42. The molecular weight excluding hydrogens is 388 g/mol. The minimum atomic E-state index is -0.707. The number of aromatic nitrogens is 4. The van der Waals surface area contributed by atoms with Crippen molar-refractivity contribution < 1.29 is 14.6 Å². The maximum Gasteiger partial charge on any atom is 0.332 e. The van der Waals surface area contributed by atoms with Gasteiger partial charge in [-0.1, -0.05) is 0 Å². The van der Waals surface area contributed by atoms with Crippen LogP contribution in [0.5, 0.6) is 0 Å². The predicted molar refractivity (Wildman–Crippen MR) is 108 cm³/mol. The number of carbonyl (C=O) groups excluding carboxylic acids is 1. The van der Waals surface area contributed by atoms with Gasteiger partial charge in [0.25, 0.3) is 5.56 Å². The molecule has 1 N–H and O–H groups in total. The summed E-state index contributed by atoms with van der Waals surface area (Å²) >= 11 is 0. The smallest absolute Gasteiger partial charge is 0.332 e. The number of nitrogens with zero attached hydrogens (tertiary/aromatic N) is 4. The topological polar surface area (TPSA) is 108 Å². The van der Waals surface area contributed by atoms with Crippen LogP contribution in [0.2, 0.25) is 0 Å². The number of aliphatic hydroxyl groups is 1. The van der Waals surface area contributed by atoms with Crippen LogP contribution in [0.15, 0.2) is 15.9 Å². The summed E-state index contributed by atoms with van der Waals surface area (Å²) in [6, 6.07) is 0. The van der Waals surface area contributed by atoms with E-state index in [1.807, 2.05) is 0 Å². The van der Waals surface area contributed by atoms with E-state index in [-0.39, 0.29) is 24.7 Å². The molecule has 4 atom stereocenters. The first-order chi connectivity index (χ1) is 14.2. The molecule has 4 aliphatic carbocycles. The summed E-state index contributed by atoms with van der Waals surface area (Å²) in [5, 5.41) is 10.8. The van der Waals surface area contributed by atoms with Gasteiger partial charge in [0, 0.05) is 20.6 Å². The van der Waals surface area contributed by atoms with Crippen LogP contribution in [0.25, 0.3) is 11.2 Å². The van der Waals surface area contributed by atoms with Gasteiger partial charge in [-0.2, -0.15) is 0 Å². The van der Waals surface area contributed by atoms with Gasteiger partial charge in [0.2, 0.25) is 0 Å². The molecule has 2 aromatic rings. The highest BCUT2D eigenvalue weighted by Gasteiger charge is 2.60. The number of carbonyl (C=O) groups is 1. The number of hydrogen-bond acceptors (Lipinski definition) is 6. The molecular formula is C21H28N4O5. The van der Waals surface area contributed by atoms with Crippen LogP contribution in [0.3, 0.4) is 0 Å². The summed E-state index contributed by atoms with van der Waals surface area (Å²) in [6.45, 7) is 0.315. The fraction of sp³-hybridized carbons (Fsp3) is 0.714. The molecule has 6 rings (SSSR count). The summed E-state index contributed by atoms with van der Waals surface area (Å²) in [6.07, 6.45) is 6.73. The number of hydrogen-bond donors (Lipinski definition) is 1. The SMILES string of the molecule is Cn1cnc2c1c(=O)n(CCCOC(=O)C13C[C@@H]4C[C@@H](CC(O)(C4)C1)C3)c(=O)n2C. The molecule has 0 radical (unpaired) electrons. The molecule has 2 aromatic heterocycles. The molecule has 4 bridgehead atoms. The molecule has 30 heavy (non-hydrogen) atoms. The van der Waals surface area contributed by atoms with E-state index in [1.54, 1.807) is 18.7 Å². The molecule has 2 unspecified atom stereocenters. The van der Waals surface area contributed by atoms with Crippen molar-refractivity contribution >= 4 is 17.1 Å². The Labute approximate surface area is 173 Å². The summed E-state index contributed by atoms with van der Waals surface area (Å²) in [7, 11) is 3.30. The largest absolute Gasteiger partial charge is 0.465 e. The highest BCUT2D eigenvalue weighted by atomic mass is 16.5. The van der Waals surface area contributed by atoms with Crippen molar-refractivity contribution in [1.29, 1.82) is 0 Å². The van der Waals surface area contributed by atoms with Gasteiger partial charge in [0.15, 0.2) is 11.2 Å². The third kappa shape index (κ3) is 2.85. The molecule has 0 aliphatic heterocycles. The number of imidazole rings is 1. The van der Waals surface area contributed by atoms with E-state index in [0.717, 1.165) is 32.1 Å². The van der Waals surface area contributed by atoms with E-state index in [1.165, 1.54) is 15.5 Å². The second kappa shape index (κ2) is 6.54. The summed E-state index contributed by atoms with van der Waals surface area (Å²) < 4.78 is 9.74.